The van der Waals surface area contributed by atoms with Crippen molar-refractivity contribution in [2.75, 3.05) is 23.3 Å². The molecule has 1 aromatic heterocycles. The molecule has 0 atom stereocenters. The van der Waals surface area contributed by atoms with Crippen molar-refractivity contribution < 1.29 is 22.7 Å². The third-order valence-corrected chi connectivity index (χ3v) is 4.36. The van der Waals surface area contributed by atoms with Crippen LogP contribution in [-0.4, -0.2) is 42.2 Å². The average Bonchev–Trinajstić information content (AvgIpc) is 2.62. The van der Waals surface area contributed by atoms with Crippen LogP contribution in [0.3, 0.4) is 0 Å². The van der Waals surface area contributed by atoms with E-state index in [0.717, 1.165) is 10.8 Å². The van der Waals surface area contributed by atoms with E-state index in [4.69, 9.17) is 10.5 Å². The fraction of sp³-hybridized carbons (Fsp3) is 0.250. The van der Waals surface area contributed by atoms with Gasteiger partial charge in [-0.15, -0.1) is 0 Å². The number of hydrogen-bond donors (Lipinski definition) is 2. The van der Waals surface area contributed by atoms with Gasteiger partial charge in [0.05, 0.1) is 17.5 Å². The Morgan fingerprint density at radius 2 is 1.75 bits per heavy atom. The lowest BCUT2D eigenvalue weighted by Gasteiger charge is -2.12. The molecule has 1 aromatic carbocycles. The summed E-state index contributed by atoms with van der Waals surface area (Å²) in [4.78, 5) is 48.6. The molecule has 0 fully saturated rings. The Hall–Kier alpha value is -3.41. The molecule has 3 N–H and O–H groups in total. The third-order valence-electron chi connectivity index (χ3n) is 3.77. The van der Waals surface area contributed by atoms with Crippen LogP contribution in [-0.2, 0) is 28.9 Å². The van der Waals surface area contributed by atoms with Crippen LogP contribution in [0.5, 0.6) is 0 Å². The second-order valence-electron chi connectivity index (χ2n) is 5.89. The molecule has 0 saturated carbocycles. The number of rotatable bonds is 6. The molecule has 0 bridgehead atoms. The van der Waals surface area contributed by atoms with Crippen LogP contribution in [0.1, 0.15) is 20.7 Å². The Kier molecular flexibility index (Phi) is 5.73. The number of anilines is 2. The maximum Gasteiger partial charge on any atom is 0.340 e. The molecule has 2 rings (SSSR count). The number of nitrogens with zero attached hydrogens (tertiary/aromatic N) is 2. The van der Waals surface area contributed by atoms with Crippen molar-refractivity contribution in [3.63, 3.8) is 0 Å². The van der Waals surface area contributed by atoms with E-state index in [-0.39, 0.29) is 17.1 Å². The van der Waals surface area contributed by atoms with Crippen LogP contribution in [0.15, 0.2) is 33.9 Å². The second-order valence-corrected chi connectivity index (χ2v) is 7.63. The maximum atomic E-state index is 12.4. The van der Waals surface area contributed by atoms with Gasteiger partial charge in [0.15, 0.2) is 6.61 Å². The van der Waals surface area contributed by atoms with Gasteiger partial charge < -0.3 is 10.5 Å². The van der Waals surface area contributed by atoms with E-state index in [2.05, 4.69) is 4.72 Å². The number of ketones is 1. The van der Waals surface area contributed by atoms with Gasteiger partial charge in [0.2, 0.25) is 15.8 Å². The highest BCUT2D eigenvalue weighted by atomic mass is 32.2. The first-order chi connectivity index (χ1) is 12.9. The zero-order valence-electron chi connectivity index (χ0n) is 15.3. The van der Waals surface area contributed by atoms with Crippen LogP contribution in [0, 0.1) is 0 Å². The number of nitrogens with two attached hydrogens (primary N) is 1. The standard InChI is InChI=1S/C16H18N4O7S/c1-19-13(17)12(14(22)20(2)16(19)24)11(21)8-27-15(23)9-6-4-5-7-10(9)18-28(3,25)26/h4-7,18H,8,17H2,1-3H3. The fourth-order valence-corrected chi connectivity index (χ4v) is 2.93. The molecule has 12 heteroatoms. The number of hydrogen-bond acceptors (Lipinski definition) is 8. The molecular formula is C16H18N4O7S. The van der Waals surface area contributed by atoms with Crippen molar-refractivity contribution in [3.05, 3.63) is 56.2 Å². The predicted molar refractivity (Wildman–Crippen MR) is 101 cm³/mol. The maximum absolute atomic E-state index is 12.4. The summed E-state index contributed by atoms with van der Waals surface area (Å²) in [6, 6.07) is 5.64. The highest BCUT2D eigenvalue weighted by Crippen LogP contribution is 2.17. The van der Waals surface area contributed by atoms with E-state index in [1.807, 2.05) is 0 Å². The zero-order chi connectivity index (χ0) is 21.2. The number of Topliss-reactive ketones (excluding diaryl/α,β-unsaturated/α-hetero) is 1. The van der Waals surface area contributed by atoms with Crippen LogP contribution in [0.25, 0.3) is 0 Å². The molecule has 28 heavy (non-hydrogen) atoms. The smallest absolute Gasteiger partial charge is 0.340 e. The second kappa shape index (κ2) is 7.68. The van der Waals surface area contributed by atoms with Crippen molar-refractivity contribution in [3.8, 4) is 0 Å². The monoisotopic (exact) mass is 410 g/mol. The van der Waals surface area contributed by atoms with Gasteiger partial charge >= 0.3 is 11.7 Å². The van der Waals surface area contributed by atoms with Gasteiger partial charge in [-0.3, -0.25) is 23.4 Å². The number of para-hydroxylation sites is 1. The summed E-state index contributed by atoms with van der Waals surface area (Å²) < 4.78 is 31.5. The number of benzene rings is 1. The Morgan fingerprint density at radius 3 is 2.36 bits per heavy atom. The molecule has 11 nitrogen and oxygen atoms in total. The summed E-state index contributed by atoms with van der Waals surface area (Å²) in [5.41, 5.74) is 3.41. The first-order valence-corrected chi connectivity index (χ1v) is 9.65. The topological polar surface area (TPSA) is 160 Å². The molecule has 0 saturated heterocycles. The summed E-state index contributed by atoms with van der Waals surface area (Å²) in [6.45, 7) is -0.830. The number of carbonyl (C=O) groups is 2. The highest BCUT2D eigenvalue weighted by Gasteiger charge is 2.22. The molecule has 0 aliphatic rings. The number of aromatic nitrogens is 2. The van der Waals surface area contributed by atoms with Gasteiger partial charge in [-0.05, 0) is 12.1 Å². The summed E-state index contributed by atoms with van der Waals surface area (Å²) in [7, 11) is -1.18. The number of esters is 1. The van der Waals surface area contributed by atoms with Gasteiger partial charge in [0.25, 0.3) is 5.56 Å². The molecule has 0 aliphatic heterocycles. The molecule has 0 spiro atoms. The van der Waals surface area contributed by atoms with Gasteiger partial charge in [0, 0.05) is 14.1 Å². The van der Waals surface area contributed by atoms with Crippen LogP contribution >= 0.6 is 0 Å². The molecule has 1 heterocycles. The van der Waals surface area contributed by atoms with E-state index in [1.54, 1.807) is 0 Å². The number of sulfonamides is 1. The summed E-state index contributed by atoms with van der Waals surface area (Å²) in [6.07, 6.45) is 0.914. The van der Waals surface area contributed by atoms with Gasteiger partial charge in [-0.1, -0.05) is 12.1 Å². The molecule has 0 unspecified atom stereocenters. The highest BCUT2D eigenvalue weighted by molar-refractivity contribution is 7.92. The summed E-state index contributed by atoms with van der Waals surface area (Å²) in [5.74, 6) is -2.25. The van der Waals surface area contributed by atoms with Crippen molar-refractivity contribution in [1.29, 1.82) is 0 Å². The third kappa shape index (κ3) is 4.28. The van der Waals surface area contributed by atoms with Crippen molar-refractivity contribution in [2.24, 2.45) is 14.1 Å². The molecule has 0 amide bonds. The zero-order valence-corrected chi connectivity index (χ0v) is 16.1. The molecule has 150 valence electrons. The lowest BCUT2D eigenvalue weighted by molar-refractivity contribution is 0.0475. The summed E-state index contributed by atoms with van der Waals surface area (Å²) >= 11 is 0. The van der Waals surface area contributed by atoms with E-state index in [9.17, 15) is 27.6 Å². The van der Waals surface area contributed by atoms with E-state index in [1.165, 1.54) is 38.4 Å². The average molecular weight is 410 g/mol. The largest absolute Gasteiger partial charge is 0.454 e. The lowest BCUT2D eigenvalue weighted by Crippen LogP contribution is -2.42. The minimum atomic E-state index is -3.65. The number of nitrogens with one attached hydrogen (secondary N) is 1. The lowest BCUT2D eigenvalue weighted by atomic mass is 10.2. The summed E-state index contributed by atoms with van der Waals surface area (Å²) in [5, 5.41) is 0. The van der Waals surface area contributed by atoms with E-state index >= 15 is 0 Å². The van der Waals surface area contributed by atoms with Crippen LogP contribution < -0.4 is 21.7 Å². The molecule has 0 aliphatic carbocycles. The molecular weight excluding hydrogens is 392 g/mol. The van der Waals surface area contributed by atoms with Crippen molar-refractivity contribution in [1.82, 2.24) is 9.13 Å². The van der Waals surface area contributed by atoms with Crippen LogP contribution in [0.2, 0.25) is 0 Å². The Morgan fingerprint density at radius 1 is 1.14 bits per heavy atom. The first-order valence-electron chi connectivity index (χ1n) is 7.76. The van der Waals surface area contributed by atoms with Gasteiger partial charge in [0.1, 0.15) is 11.4 Å². The minimum absolute atomic E-state index is 0.0278. The normalized spacial score (nSPS) is 11.1. The van der Waals surface area contributed by atoms with Crippen molar-refractivity contribution in [2.45, 2.75) is 0 Å². The van der Waals surface area contributed by atoms with Crippen LogP contribution in [0.4, 0.5) is 11.5 Å². The van der Waals surface area contributed by atoms with Gasteiger partial charge in [-0.2, -0.15) is 0 Å². The quantitative estimate of drug-likeness (QED) is 0.457. The predicted octanol–water partition coefficient (Wildman–Crippen LogP) is -0.923. The Bertz CT molecular complexity index is 1180. The number of carbonyl (C=O) groups excluding carboxylic acids is 2. The minimum Gasteiger partial charge on any atom is -0.454 e. The Labute approximate surface area is 159 Å². The van der Waals surface area contributed by atoms with Gasteiger partial charge in [-0.25, -0.2) is 18.0 Å². The fourth-order valence-electron chi connectivity index (χ4n) is 2.35. The SMILES string of the molecule is Cn1c(N)c(C(=O)COC(=O)c2ccccc2NS(C)(=O)=O)c(=O)n(C)c1=O. The number of ether oxygens (including phenoxy) is 1. The van der Waals surface area contributed by atoms with Crippen molar-refractivity contribution >= 4 is 33.3 Å². The van der Waals surface area contributed by atoms with E-state index < -0.39 is 45.2 Å². The first kappa shape index (κ1) is 20.9. The Balaban J connectivity index is 2.27. The molecule has 0 radical (unpaired) electrons. The van der Waals surface area contributed by atoms with E-state index in [0.29, 0.717) is 4.57 Å². The molecule has 2 aromatic rings. The number of nitrogen functional groups attached to an aromatic ring is 1.